The fraction of sp³-hybridized carbons (Fsp3) is 0.273. The van der Waals surface area contributed by atoms with Gasteiger partial charge in [-0.05, 0) is 45.4 Å². The van der Waals surface area contributed by atoms with Gasteiger partial charge in [0.1, 0.15) is 5.58 Å². The lowest BCUT2D eigenvalue weighted by Crippen LogP contribution is -2.26. The van der Waals surface area contributed by atoms with Crippen molar-refractivity contribution in [1.82, 2.24) is 4.98 Å². The zero-order valence-electron chi connectivity index (χ0n) is 17.0. The number of fused-ring (bicyclic) bond motifs is 1. The number of aromatic nitrogens is 1. The van der Waals surface area contributed by atoms with Gasteiger partial charge < -0.3 is 18.9 Å². The van der Waals surface area contributed by atoms with Gasteiger partial charge in [0.2, 0.25) is 11.5 Å². The largest absolute Gasteiger partial charge is 0.462 e. The van der Waals surface area contributed by atoms with Gasteiger partial charge in [-0.1, -0.05) is 12.1 Å². The summed E-state index contributed by atoms with van der Waals surface area (Å²) in [6, 6.07) is 7.53. The van der Waals surface area contributed by atoms with E-state index >= 15 is 0 Å². The zero-order valence-corrected chi connectivity index (χ0v) is 17.0. The number of Topliss-reactive ketones (excluding diaryl/α,β-unsaturated/α-hetero) is 1. The van der Waals surface area contributed by atoms with E-state index in [-0.39, 0.29) is 29.2 Å². The maximum atomic E-state index is 12.8. The van der Waals surface area contributed by atoms with Crippen LogP contribution in [0, 0.1) is 13.8 Å². The second kappa shape index (κ2) is 8.36. The minimum Gasteiger partial charge on any atom is -0.462 e. The molecule has 0 aliphatic carbocycles. The standard InChI is InChI=1S/C22H21NO7/c1-5-28-22(27)18-11(2)19(23-12(18)3)20(25)13(4)29-21(26)17-10-15(24)14-8-6-7-9-16(14)30-17/h6-10,13,23H,5H2,1-4H3/t13-/m0/s1. The van der Waals surface area contributed by atoms with Gasteiger partial charge in [-0.2, -0.15) is 0 Å². The first-order valence-corrected chi connectivity index (χ1v) is 9.39. The second-order valence-electron chi connectivity index (χ2n) is 6.73. The molecule has 0 unspecified atom stereocenters. The van der Waals surface area contributed by atoms with Gasteiger partial charge >= 0.3 is 11.9 Å². The minimum atomic E-state index is -1.18. The molecular formula is C22H21NO7. The summed E-state index contributed by atoms with van der Waals surface area (Å²) < 4.78 is 15.7. The van der Waals surface area contributed by atoms with Crippen LogP contribution in [-0.2, 0) is 9.47 Å². The van der Waals surface area contributed by atoms with E-state index in [4.69, 9.17) is 13.9 Å². The van der Waals surface area contributed by atoms with Crippen molar-refractivity contribution in [3.63, 3.8) is 0 Å². The molecule has 0 saturated carbocycles. The Morgan fingerprint density at radius 3 is 2.53 bits per heavy atom. The lowest BCUT2D eigenvalue weighted by atomic mass is 10.1. The van der Waals surface area contributed by atoms with Crippen LogP contribution in [0.5, 0.6) is 0 Å². The molecule has 0 saturated heterocycles. The van der Waals surface area contributed by atoms with E-state index < -0.39 is 29.3 Å². The number of rotatable bonds is 6. The SMILES string of the molecule is CCOC(=O)c1c(C)[nH]c(C(=O)[C@H](C)OC(=O)c2cc(=O)c3ccccc3o2)c1C. The number of hydrogen-bond acceptors (Lipinski definition) is 7. The molecule has 0 aliphatic rings. The Labute approximate surface area is 171 Å². The molecule has 0 fully saturated rings. The van der Waals surface area contributed by atoms with Crippen LogP contribution >= 0.6 is 0 Å². The van der Waals surface area contributed by atoms with E-state index in [9.17, 15) is 19.2 Å². The third-order valence-corrected chi connectivity index (χ3v) is 4.65. The van der Waals surface area contributed by atoms with Crippen LogP contribution in [0.1, 0.15) is 56.5 Å². The normalized spacial score (nSPS) is 11.9. The molecule has 0 amide bonds. The molecule has 3 rings (SSSR count). The molecule has 2 heterocycles. The van der Waals surface area contributed by atoms with E-state index in [1.807, 2.05) is 0 Å². The van der Waals surface area contributed by atoms with Gasteiger partial charge in [-0.15, -0.1) is 0 Å². The molecule has 0 bridgehead atoms. The molecule has 1 N–H and O–H groups in total. The Morgan fingerprint density at radius 2 is 1.83 bits per heavy atom. The zero-order chi connectivity index (χ0) is 22.0. The molecule has 0 radical (unpaired) electrons. The number of aryl methyl sites for hydroxylation is 1. The third kappa shape index (κ3) is 3.89. The van der Waals surface area contributed by atoms with Crippen LogP contribution in [0.4, 0.5) is 0 Å². The number of aromatic amines is 1. The van der Waals surface area contributed by atoms with Crippen LogP contribution in [-0.4, -0.2) is 35.4 Å². The number of esters is 2. The predicted molar refractivity (Wildman–Crippen MR) is 108 cm³/mol. The van der Waals surface area contributed by atoms with Gasteiger partial charge in [0, 0.05) is 11.8 Å². The molecule has 0 aliphatic heterocycles. The van der Waals surface area contributed by atoms with Crippen LogP contribution in [0.15, 0.2) is 39.5 Å². The summed E-state index contributed by atoms with van der Waals surface area (Å²) in [6.07, 6.45) is -1.18. The number of nitrogens with one attached hydrogen (secondary N) is 1. The Bertz CT molecular complexity index is 1200. The fourth-order valence-corrected chi connectivity index (χ4v) is 3.19. The molecule has 2 aromatic heterocycles. The van der Waals surface area contributed by atoms with Crippen molar-refractivity contribution in [2.45, 2.75) is 33.8 Å². The summed E-state index contributed by atoms with van der Waals surface area (Å²) in [4.78, 5) is 52.4. The second-order valence-corrected chi connectivity index (χ2v) is 6.73. The first kappa shape index (κ1) is 21.0. The highest BCUT2D eigenvalue weighted by Gasteiger charge is 2.28. The number of para-hydroxylation sites is 1. The maximum absolute atomic E-state index is 12.8. The Hall–Kier alpha value is -3.68. The lowest BCUT2D eigenvalue weighted by Gasteiger charge is -2.12. The number of benzene rings is 1. The number of hydrogen-bond donors (Lipinski definition) is 1. The number of carbonyl (C=O) groups is 3. The van der Waals surface area contributed by atoms with Crippen molar-refractivity contribution in [3.05, 3.63) is 68.8 Å². The highest BCUT2D eigenvalue weighted by Crippen LogP contribution is 2.21. The Kier molecular flexibility index (Phi) is 5.86. The van der Waals surface area contributed by atoms with Crippen LogP contribution in [0.25, 0.3) is 11.0 Å². The van der Waals surface area contributed by atoms with Crippen molar-refractivity contribution in [2.24, 2.45) is 0 Å². The summed E-state index contributed by atoms with van der Waals surface area (Å²) in [6.45, 7) is 6.56. The van der Waals surface area contributed by atoms with E-state index in [0.717, 1.165) is 6.07 Å². The molecule has 3 aromatic rings. The van der Waals surface area contributed by atoms with E-state index in [1.165, 1.54) is 6.92 Å². The molecule has 0 spiro atoms. The Balaban J connectivity index is 1.83. The highest BCUT2D eigenvalue weighted by molar-refractivity contribution is 6.04. The van der Waals surface area contributed by atoms with E-state index in [1.54, 1.807) is 45.0 Å². The monoisotopic (exact) mass is 411 g/mol. The molecule has 1 aromatic carbocycles. The molecule has 8 heteroatoms. The average molecular weight is 411 g/mol. The van der Waals surface area contributed by atoms with Gasteiger partial charge in [0.05, 0.1) is 23.3 Å². The van der Waals surface area contributed by atoms with Gasteiger partial charge in [0.25, 0.3) is 0 Å². The van der Waals surface area contributed by atoms with Crippen molar-refractivity contribution < 1.29 is 28.3 Å². The molecule has 156 valence electrons. The third-order valence-electron chi connectivity index (χ3n) is 4.65. The van der Waals surface area contributed by atoms with Crippen LogP contribution < -0.4 is 5.43 Å². The van der Waals surface area contributed by atoms with Gasteiger partial charge in [-0.25, -0.2) is 9.59 Å². The molecule has 30 heavy (non-hydrogen) atoms. The summed E-state index contributed by atoms with van der Waals surface area (Å²) in [5.74, 6) is -2.30. The fourth-order valence-electron chi connectivity index (χ4n) is 3.19. The first-order valence-electron chi connectivity index (χ1n) is 9.39. The smallest absolute Gasteiger partial charge is 0.375 e. The van der Waals surface area contributed by atoms with Crippen molar-refractivity contribution in [2.75, 3.05) is 6.61 Å². The van der Waals surface area contributed by atoms with Gasteiger partial charge in [0.15, 0.2) is 11.5 Å². The summed E-state index contributed by atoms with van der Waals surface area (Å²) in [5, 5.41) is 0.335. The summed E-state index contributed by atoms with van der Waals surface area (Å²) in [5.41, 5.74) is 1.17. The summed E-state index contributed by atoms with van der Waals surface area (Å²) >= 11 is 0. The van der Waals surface area contributed by atoms with Crippen molar-refractivity contribution in [1.29, 1.82) is 0 Å². The van der Waals surface area contributed by atoms with Crippen molar-refractivity contribution >= 4 is 28.7 Å². The molecule has 8 nitrogen and oxygen atoms in total. The highest BCUT2D eigenvalue weighted by atomic mass is 16.6. The number of ketones is 1. The number of ether oxygens (including phenoxy) is 2. The predicted octanol–water partition coefficient (Wildman–Crippen LogP) is 3.34. The van der Waals surface area contributed by atoms with Gasteiger partial charge in [-0.3, -0.25) is 9.59 Å². The van der Waals surface area contributed by atoms with Crippen LogP contribution in [0.3, 0.4) is 0 Å². The molecule has 1 atom stereocenters. The van der Waals surface area contributed by atoms with E-state index in [2.05, 4.69) is 4.98 Å². The number of H-pyrrole nitrogens is 1. The Morgan fingerprint density at radius 1 is 1.13 bits per heavy atom. The maximum Gasteiger partial charge on any atom is 0.375 e. The quantitative estimate of drug-likeness (QED) is 0.488. The average Bonchev–Trinajstić information content (AvgIpc) is 3.01. The first-order chi connectivity index (χ1) is 14.2. The lowest BCUT2D eigenvalue weighted by molar-refractivity contribution is 0.0287. The molecular weight excluding hydrogens is 390 g/mol. The van der Waals surface area contributed by atoms with E-state index in [0.29, 0.717) is 16.6 Å². The summed E-state index contributed by atoms with van der Waals surface area (Å²) in [7, 11) is 0. The van der Waals surface area contributed by atoms with Crippen molar-refractivity contribution in [3.8, 4) is 0 Å². The van der Waals surface area contributed by atoms with Crippen LogP contribution in [0.2, 0.25) is 0 Å². The topological polar surface area (TPSA) is 116 Å². The minimum absolute atomic E-state index is 0.149. The number of carbonyl (C=O) groups excluding carboxylic acids is 3.